The summed E-state index contributed by atoms with van der Waals surface area (Å²) in [5, 5.41) is 3.55. The minimum atomic E-state index is 0.305. The second-order valence-electron chi connectivity index (χ2n) is 5.76. The lowest BCUT2D eigenvalue weighted by molar-refractivity contribution is 0.117. The maximum absolute atomic E-state index is 5.46. The average Bonchev–Trinajstić information content (AvgIpc) is 3.04. The number of hydrogen-bond acceptors (Lipinski definition) is 3. The van der Waals surface area contributed by atoms with E-state index in [4.69, 9.17) is 9.72 Å². The third-order valence-corrected chi connectivity index (χ3v) is 4.82. The number of nitrogens with zero attached hydrogens (tertiary/aromatic N) is 2. The largest absolute Gasteiger partial charge is 0.380 e. The summed E-state index contributed by atoms with van der Waals surface area (Å²) >= 11 is 3.54. The van der Waals surface area contributed by atoms with E-state index in [1.165, 1.54) is 24.2 Å². The smallest absolute Gasteiger partial charge is 0.127 e. The second kappa shape index (κ2) is 4.83. The highest BCUT2D eigenvalue weighted by molar-refractivity contribution is 9.10. The molecule has 1 N–H and O–H groups in total. The molecule has 2 unspecified atom stereocenters. The molecule has 106 valence electrons. The van der Waals surface area contributed by atoms with Crippen LogP contribution >= 0.6 is 15.9 Å². The highest BCUT2D eigenvalue weighted by Crippen LogP contribution is 2.41. The number of nitrogens with one attached hydrogen (secondary N) is 1. The van der Waals surface area contributed by atoms with Gasteiger partial charge in [-0.3, -0.25) is 0 Å². The molecule has 0 spiro atoms. The lowest BCUT2D eigenvalue weighted by Gasteiger charge is -2.13. The first kappa shape index (κ1) is 12.8. The molecule has 4 rings (SSSR count). The van der Waals surface area contributed by atoms with Crippen molar-refractivity contribution < 1.29 is 4.74 Å². The number of ether oxygens (including phenoxy) is 1. The molecular formula is C15H18BrN3O. The van der Waals surface area contributed by atoms with Crippen LogP contribution in [0.15, 0.2) is 22.7 Å². The average molecular weight is 336 g/mol. The van der Waals surface area contributed by atoms with E-state index in [9.17, 15) is 0 Å². The number of fused-ring (bicyclic) bond motifs is 1. The second-order valence-corrected chi connectivity index (χ2v) is 6.67. The van der Waals surface area contributed by atoms with Crippen molar-refractivity contribution in [3.05, 3.63) is 28.5 Å². The number of halogens is 1. The van der Waals surface area contributed by atoms with E-state index in [1.807, 2.05) is 0 Å². The summed E-state index contributed by atoms with van der Waals surface area (Å²) in [5.74, 6) is 1.18. The molecule has 1 saturated heterocycles. The zero-order chi connectivity index (χ0) is 13.7. The van der Waals surface area contributed by atoms with Crippen molar-refractivity contribution in [1.29, 1.82) is 0 Å². The van der Waals surface area contributed by atoms with Crippen LogP contribution in [0.4, 0.5) is 0 Å². The molecule has 1 aliphatic carbocycles. The number of methoxy groups -OCH3 is 1. The molecule has 2 fully saturated rings. The number of aromatic nitrogens is 2. The number of benzene rings is 1. The van der Waals surface area contributed by atoms with E-state index in [0.29, 0.717) is 18.2 Å². The van der Waals surface area contributed by atoms with E-state index in [-0.39, 0.29) is 0 Å². The van der Waals surface area contributed by atoms with Crippen LogP contribution in [0.3, 0.4) is 0 Å². The first-order chi connectivity index (χ1) is 9.76. The fraction of sp³-hybridized carbons (Fsp3) is 0.533. The molecule has 4 nitrogen and oxygen atoms in total. The van der Waals surface area contributed by atoms with Gasteiger partial charge in [0.05, 0.1) is 23.2 Å². The summed E-state index contributed by atoms with van der Waals surface area (Å²) in [5.41, 5.74) is 2.34. The van der Waals surface area contributed by atoms with Gasteiger partial charge in [0.15, 0.2) is 0 Å². The number of imidazole rings is 1. The fourth-order valence-electron chi connectivity index (χ4n) is 3.13. The highest BCUT2D eigenvalue weighted by Gasteiger charge is 2.34. The summed E-state index contributed by atoms with van der Waals surface area (Å²) < 4.78 is 9.00. The molecule has 20 heavy (non-hydrogen) atoms. The monoisotopic (exact) mass is 335 g/mol. The Morgan fingerprint density at radius 3 is 2.95 bits per heavy atom. The van der Waals surface area contributed by atoms with Crippen LogP contribution in [0, 0.1) is 0 Å². The molecule has 2 heterocycles. The van der Waals surface area contributed by atoms with Gasteiger partial charge in [-0.1, -0.05) is 15.9 Å². The molecule has 2 atom stereocenters. The van der Waals surface area contributed by atoms with Crippen molar-refractivity contribution in [2.75, 3.05) is 13.7 Å². The van der Waals surface area contributed by atoms with Gasteiger partial charge in [-0.05, 0) is 37.5 Å². The first-order valence-electron chi connectivity index (χ1n) is 7.20. The Balaban J connectivity index is 1.80. The van der Waals surface area contributed by atoms with Gasteiger partial charge in [0, 0.05) is 24.2 Å². The SMILES string of the molecule is COC1CNC(c2nc3cc(Br)ccc3n2C2CC2)C1. The lowest BCUT2D eigenvalue weighted by Crippen LogP contribution is -2.18. The van der Waals surface area contributed by atoms with Crippen molar-refractivity contribution in [2.45, 2.75) is 37.5 Å². The number of rotatable bonds is 3. The summed E-state index contributed by atoms with van der Waals surface area (Å²) in [6, 6.07) is 7.34. The molecule has 1 saturated carbocycles. The van der Waals surface area contributed by atoms with Crippen LogP contribution in [0.25, 0.3) is 11.0 Å². The molecule has 0 radical (unpaired) electrons. The Kier molecular flexibility index (Phi) is 3.09. The zero-order valence-electron chi connectivity index (χ0n) is 11.5. The van der Waals surface area contributed by atoms with Crippen molar-refractivity contribution in [3.63, 3.8) is 0 Å². The summed E-state index contributed by atoms with van der Waals surface area (Å²) in [7, 11) is 1.79. The molecule has 2 aromatic rings. The normalized spacial score (nSPS) is 26.5. The maximum Gasteiger partial charge on any atom is 0.127 e. The maximum atomic E-state index is 5.46. The zero-order valence-corrected chi connectivity index (χ0v) is 13.1. The van der Waals surface area contributed by atoms with E-state index < -0.39 is 0 Å². The van der Waals surface area contributed by atoms with Crippen LogP contribution < -0.4 is 5.32 Å². The van der Waals surface area contributed by atoms with Gasteiger partial charge in [-0.25, -0.2) is 4.98 Å². The van der Waals surface area contributed by atoms with Crippen molar-refractivity contribution >= 4 is 27.0 Å². The third kappa shape index (κ3) is 2.08. The third-order valence-electron chi connectivity index (χ3n) is 4.33. The minimum Gasteiger partial charge on any atom is -0.380 e. The van der Waals surface area contributed by atoms with Crippen molar-refractivity contribution in [1.82, 2.24) is 14.9 Å². The van der Waals surface area contributed by atoms with Gasteiger partial charge >= 0.3 is 0 Å². The summed E-state index contributed by atoms with van der Waals surface area (Å²) in [4.78, 5) is 4.90. The van der Waals surface area contributed by atoms with Crippen LogP contribution in [0.5, 0.6) is 0 Å². The highest BCUT2D eigenvalue weighted by atomic mass is 79.9. The molecule has 0 bridgehead atoms. The summed E-state index contributed by atoms with van der Waals surface area (Å²) in [6.07, 6.45) is 3.86. The lowest BCUT2D eigenvalue weighted by atomic mass is 10.2. The van der Waals surface area contributed by atoms with Gasteiger partial charge in [-0.15, -0.1) is 0 Å². The predicted molar refractivity (Wildman–Crippen MR) is 81.9 cm³/mol. The molecule has 2 aliphatic rings. The van der Waals surface area contributed by atoms with Crippen LogP contribution in [-0.4, -0.2) is 29.3 Å². The van der Waals surface area contributed by atoms with E-state index in [2.05, 4.69) is 44.0 Å². The van der Waals surface area contributed by atoms with Crippen molar-refractivity contribution in [2.24, 2.45) is 0 Å². The van der Waals surface area contributed by atoms with Gasteiger partial charge in [-0.2, -0.15) is 0 Å². The van der Waals surface area contributed by atoms with Crippen LogP contribution in [0.2, 0.25) is 0 Å². The predicted octanol–water partition coefficient (Wildman–Crippen LogP) is 3.18. The van der Waals surface area contributed by atoms with Gasteiger partial charge in [0.25, 0.3) is 0 Å². The molecule has 1 aliphatic heterocycles. The van der Waals surface area contributed by atoms with Gasteiger partial charge in [0.1, 0.15) is 5.82 Å². The Labute approximate surface area is 126 Å². The Morgan fingerprint density at radius 2 is 2.25 bits per heavy atom. The van der Waals surface area contributed by atoms with Crippen LogP contribution in [-0.2, 0) is 4.74 Å². The first-order valence-corrected chi connectivity index (χ1v) is 7.99. The molecular weight excluding hydrogens is 318 g/mol. The van der Waals surface area contributed by atoms with E-state index >= 15 is 0 Å². The van der Waals surface area contributed by atoms with Gasteiger partial charge in [0.2, 0.25) is 0 Å². The topological polar surface area (TPSA) is 39.1 Å². The summed E-state index contributed by atoms with van der Waals surface area (Å²) in [6.45, 7) is 0.915. The standard InChI is InChI=1S/C15H18BrN3O/c1-20-11-7-13(17-8-11)15-18-12-6-9(16)2-5-14(12)19(15)10-3-4-10/h2,5-6,10-11,13,17H,3-4,7-8H2,1H3. The molecule has 1 aromatic carbocycles. The van der Waals surface area contributed by atoms with E-state index in [0.717, 1.165) is 23.0 Å². The molecule has 0 amide bonds. The quantitative estimate of drug-likeness (QED) is 0.936. The Morgan fingerprint density at radius 1 is 1.40 bits per heavy atom. The van der Waals surface area contributed by atoms with Gasteiger partial charge < -0.3 is 14.6 Å². The molecule has 5 heteroatoms. The van der Waals surface area contributed by atoms with E-state index in [1.54, 1.807) is 7.11 Å². The minimum absolute atomic E-state index is 0.305. The van der Waals surface area contributed by atoms with Crippen molar-refractivity contribution in [3.8, 4) is 0 Å². The Hall–Kier alpha value is -0.910. The fourth-order valence-corrected chi connectivity index (χ4v) is 3.48. The molecule has 1 aromatic heterocycles. The number of hydrogen-bond donors (Lipinski definition) is 1. The Bertz CT molecular complexity index is 650. The van der Waals surface area contributed by atoms with Crippen LogP contribution in [0.1, 0.15) is 37.2 Å².